The fraction of sp³-hybridized carbons (Fsp3) is 0.429. The summed E-state index contributed by atoms with van der Waals surface area (Å²) < 4.78 is 0. The number of carbonyl (C=O) groups excluding carboxylic acids is 2. The Kier molecular flexibility index (Phi) is 4.89. The number of para-hydroxylation sites is 1. The van der Waals surface area contributed by atoms with E-state index in [1.165, 1.54) is 4.90 Å². The lowest BCUT2D eigenvalue weighted by atomic mass is 10.1. The van der Waals surface area contributed by atoms with Crippen LogP contribution in [0.4, 0.5) is 5.69 Å². The van der Waals surface area contributed by atoms with Crippen LogP contribution < -0.4 is 10.2 Å². The molecule has 108 valence electrons. The van der Waals surface area contributed by atoms with Crippen LogP contribution in [-0.2, 0) is 9.59 Å². The molecule has 1 aromatic carbocycles. The number of hydrogen-bond acceptors (Lipinski definition) is 2. The van der Waals surface area contributed by atoms with E-state index in [0.29, 0.717) is 28.8 Å². The first-order valence-corrected chi connectivity index (χ1v) is 7.32. The minimum Gasteiger partial charge on any atom is -0.356 e. The predicted octanol–water partition coefficient (Wildman–Crippen LogP) is 2.87. The first kappa shape index (κ1) is 15.1. The highest BCUT2D eigenvalue weighted by molar-refractivity contribution is 6.40. The molecule has 0 bridgehead atoms. The molecule has 2 amide bonds. The van der Waals surface area contributed by atoms with Crippen LogP contribution in [0.25, 0.3) is 0 Å². The Labute approximate surface area is 128 Å². The highest BCUT2D eigenvalue weighted by atomic mass is 35.5. The highest BCUT2D eigenvalue weighted by Gasteiger charge is 2.36. The van der Waals surface area contributed by atoms with Gasteiger partial charge in [0.15, 0.2) is 0 Å². The van der Waals surface area contributed by atoms with Gasteiger partial charge in [-0.05, 0) is 18.6 Å². The standard InChI is InChI=1S/C14H16Cl2N2O2/c1-2-6-17-14(20)9-7-12(19)18(8-9)13-10(15)4-3-5-11(13)16/h3-5,9H,2,6-8H2,1H3,(H,17,20). The van der Waals surface area contributed by atoms with Gasteiger partial charge in [-0.2, -0.15) is 0 Å². The normalized spacial score (nSPS) is 18.4. The molecule has 2 rings (SSSR count). The lowest BCUT2D eigenvalue weighted by molar-refractivity contribution is -0.126. The Morgan fingerprint density at radius 3 is 2.65 bits per heavy atom. The zero-order valence-corrected chi connectivity index (χ0v) is 12.7. The summed E-state index contributed by atoms with van der Waals surface area (Å²) in [5, 5.41) is 3.65. The molecule has 0 aliphatic carbocycles. The van der Waals surface area contributed by atoms with E-state index in [9.17, 15) is 9.59 Å². The molecule has 1 unspecified atom stereocenters. The van der Waals surface area contributed by atoms with Gasteiger partial charge in [0.1, 0.15) is 0 Å². The molecule has 20 heavy (non-hydrogen) atoms. The highest BCUT2D eigenvalue weighted by Crippen LogP contribution is 2.37. The minimum atomic E-state index is -0.346. The molecule has 1 atom stereocenters. The molecular formula is C14H16Cl2N2O2. The molecule has 4 nitrogen and oxygen atoms in total. The first-order chi connectivity index (χ1) is 9.54. The fourth-order valence-electron chi connectivity index (χ4n) is 2.24. The van der Waals surface area contributed by atoms with Crippen LogP contribution in [0.1, 0.15) is 19.8 Å². The van der Waals surface area contributed by atoms with Gasteiger partial charge in [-0.1, -0.05) is 36.2 Å². The van der Waals surface area contributed by atoms with E-state index >= 15 is 0 Å². The fourth-order valence-corrected chi connectivity index (χ4v) is 2.84. The summed E-state index contributed by atoms with van der Waals surface area (Å²) in [5.74, 6) is -0.566. The Bertz CT molecular complexity index is 514. The third kappa shape index (κ3) is 3.07. The van der Waals surface area contributed by atoms with Crippen molar-refractivity contribution in [2.45, 2.75) is 19.8 Å². The Morgan fingerprint density at radius 2 is 2.05 bits per heavy atom. The van der Waals surface area contributed by atoms with Crippen molar-refractivity contribution in [1.29, 1.82) is 0 Å². The zero-order valence-electron chi connectivity index (χ0n) is 11.2. The summed E-state index contributed by atoms with van der Waals surface area (Å²) in [6.45, 7) is 2.92. The van der Waals surface area contributed by atoms with E-state index in [0.717, 1.165) is 6.42 Å². The topological polar surface area (TPSA) is 49.4 Å². The summed E-state index contributed by atoms with van der Waals surface area (Å²) in [6, 6.07) is 5.08. The number of nitrogens with zero attached hydrogens (tertiary/aromatic N) is 1. The van der Waals surface area contributed by atoms with E-state index in [4.69, 9.17) is 23.2 Å². The van der Waals surface area contributed by atoms with Crippen LogP contribution in [-0.4, -0.2) is 24.9 Å². The number of carbonyl (C=O) groups is 2. The van der Waals surface area contributed by atoms with Crippen molar-refractivity contribution >= 4 is 40.7 Å². The van der Waals surface area contributed by atoms with Gasteiger partial charge in [-0.25, -0.2) is 0 Å². The van der Waals surface area contributed by atoms with Crippen molar-refractivity contribution < 1.29 is 9.59 Å². The molecule has 1 heterocycles. The predicted molar refractivity (Wildman–Crippen MR) is 80.2 cm³/mol. The molecule has 6 heteroatoms. The minimum absolute atomic E-state index is 0.0918. The summed E-state index contributed by atoms with van der Waals surface area (Å²) in [4.78, 5) is 25.5. The van der Waals surface area contributed by atoms with Crippen molar-refractivity contribution in [2.24, 2.45) is 5.92 Å². The third-order valence-corrected chi connectivity index (χ3v) is 3.86. The van der Waals surface area contributed by atoms with Gasteiger partial charge in [-0.3, -0.25) is 9.59 Å². The maximum Gasteiger partial charge on any atom is 0.227 e. The second-order valence-corrected chi connectivity index (χ2v) is 5.58. The smallest absolute Gasteiger partial charge is 0.227 e. The number of nitrogens with one attached hydrogen (secondary N) is 1. The molecule has 1 aliphatic heterocycles. The average molecular weight is 315 g/mol. The second kappa shape index (κ2) is 6.46. The second-order valence-electron chi connectivity index (χ2n) is 4.77. The average Bonchev–Trinajstić information content (AvgIpc) is 2.78. The number of halogens is 2. The van der Waals surface area contributed by atoms with Gasteiger partial charge in [0.25, 0.3) is 0 Å². The Morgan fingerprint density at radius 1 is 1.40 bits per heavy atom. The van der Waals surface area contributed by atoms with Gasteiger partial charge in [0, 0.05) is 19.5 Å². The SMILES string of the molecule is CCCNC(=O)C1CC(=O)N(c2c(Cl)cccc2Cl)C1. The third-order valence-electron chi connectivity index (χ3n) is 3.25. The maximum atomic E-state index is 12.1. The van der Waals surface area contributed by atoms with Gasteiger partial charge in [0.05, 0.1) is 21.7 Å². The van der Waals surface area contributed by atoms with Crippen LogP contribution in [0.2, 0.25) is 10.0 Å². The molecule has 0 saturated carbocycles. The largest absolute Gasteiger partial charge is 0.356 e. The van der Waals surface area contributed by atoms with E-state index in [2.05, 4.69) is 5.32 Å². The molecule has 1 aromatic rings. The van der Waals surface area contributed by atoms with E-state index in [-0.39, 0.29) is 24.2 Å². The summed E-state index contributed by atoms with van der Waals surface area (Å²) in [7, 11) is 0. The number of benzene rings is 1. The van der Waals surface area contributed by atoms with E-state index in [1.54, 1.807) is 18.2 Å². The van der Waals surface area contributed by atoms with Gasteiger partial charge < -0.3 is 10.2 Å². The van der Waals surface area contributed by atoms with E-state index < -0.39 is 0 Å². The van der Waals surface area contributed by atoms with Gasteiger partial charge >= 0.3 is 0 Å². The Balaban J connectivity index is 2.15. The lowest BCUT2D eigenvalue weighted by Crippen LogP contribution is -2.33. The zero-order chi connectivity index (χ0) is 14.7. The number of anilines is 1. The van der Waals surface area contributed by atoms with Crippen LogP contribution >= 0.6 is 23.2 Å². The first-order valence-electron chi connectivity index (χ1n) is 6.56. The van der Waals surface area contributed by atoms with Gasteiger partial charge in [-0.15, -0.1) is 0 Å². The molecule has 1 aliphatic rings. The number of rotatable bonds is 4. The molecule has 0 aromatic heterocycles. The maximum absolute atomic E-state index is 12.1. The Hall–Kier alpha value is -1.26. The van der Waals surface area contributed by atoms with Crippen LogP contribution in [0, 0.1) is 5.92 Å². The summed E-state index contributed by atoms with van der Waals surface area (Å²) >= 11 is 12.2. The van der Waals surface area contributed by atoms with Crippen molar-refractivity contribution in [3.05, 3.63) is 28.2 Å². The number of hydrogen-bond donors (Lipinski definition) is 1. The van der Waals surface area contributed by atoms with Crippen LogP contribution in [0.5, 0.6) is 0 Å². The molecule has 1 N–H and O–H groups in total. The summed E-state index contributed by atoms with van der Waals surface area (Å²) in [5.41, 5.74) is 0.492. The van der Waals surface area contributed by atoms with Crippen molar-refractivity contribution in [3.8, 4) is 0 Å². The number of amides is 2. The van der Waals surface area contributed by atoms with Crippen molar-refractivity contribution in [2.75, 3.05) is 18.0 Å². The monoisotopic (exact) mass is 314 g/mol. The van der Waals surface area contributed by atoms with Crippen molar-refractivity contribution in [1.82, 2.24) is 5.32 Å². The quantitative estimate of drug-likeness (QED) is 0.929. The van der Waals surface area contributed by atoms with Gasteiger partial charge in [0.2, 0.25) is 11.8 Å². The lowest BCUT2D eigenvalue weighted by Gasteiger charge is -2.19. The molecule has 1 saturated heterocycles. The van der Waals surface area contributed by atoms with E-state index in [1.807, 2.05) is 6.92 Å². The molecular weight excluding hydrogens is 299 g/mol. The molecule has 0 spiro atoms. The molecule has 1 fully saturated rings. The molecule has 0 radical (unpaired) electrons. The summed E-state index contributed by atoms with van der Waals surface area (Å²) in [6.07, 6.45) is 1.06. The van der Waals surface area contributed by atoms with Crippen molar-refractivity contribution in [3.63, 3.8) is 0 Å². The van der Waals surface area contributed by atoms with Crippen LogP contribution in [0.15, 0.2) is 18.2 Å². The van der Waals surface area contributed by atoms with Crippen LogP contribution in [0.3, 0.4) is 0 Å².